The molecule has 5 rings (SSSR count). The van der Waals surface area contributed by atoms with Gasteiger partial charge in [-0.15, -0.1) is 0 Å². The van der Waals surface area contributed by atoms with E-state index in [1.807, 2.05) is 12.3 Å². The number of amides is 1. The van der Waals surface area contributed by atoms with E-state index < -0.39 is 0 Å². The van der Waals surface area contributed by atoms with Crippen molar-refractivity contribution in [3.8, 4) is 16.9 Å². The van der Waals surface area contributed by atoms with Crippen LogP contribution < -0.4 is 15.0 Å². The number of carbonyl (C=O) groups is 1. The number of hydrogen-bond donors (Lipinski definition) is 1. The number of fused-ring (bicyclic) bond motifs is 1. The monoisotopic (exact) mass is 468 g/mol. The smallest absolute Gasteiger partial charge is 0.414 e. The molecule has 0 saturated carbocycles. The molecule has 1 unspecified atom stereocenters. The lowest BCUT2D eigenvalue weighted by molar-refractivity contribution is 0.0497. The topological polar surface area (TPSA) is 77.9 Å². The number of ether oxygens (including phenoxy) is 3. The van der Waals surface area contributed by atoms with Crippen LogP contribution in [0.15, 0.2) is 24.5 Å². The number of nitrogens with one attached hydrogen (secondary N) is 1. The van der Waals surface area contributed by atoms with Crippen LogP contribution in [0.4, 0.5) is 10.5 Å². The molecule has 0 spiro atoms. The Balaban J connectivity index is 1.50. The fraction of sp³-hybridized carbons (Fsp3) is 0.615. The molecule has 0 bridgehead atoms. The summed E-state index contributed by atoms with van der Waals surface area (Å²) < 4.78 is 19.4. The fourth-order valence-electron chi connectivity index (χ4n) is 5.44. The maximum Gasteiger partial charge on any atom is 0.414 e. The number of methoxy groups -OCH3 is 1. The number of nitrogens with zero attached hydrogens (tertiary/aromatic N) is 3. The highest BCUT2D eigenvalue weighted by atomic mass is 16.5. The summed E-state index contributed by atoms with van der Waals surface area (Å²) in [5, 5.41) is 8.14. The van der Waals surface area contributed by atoms with E-state index in [0.29, 0.717) is 18.6 Å². The average molecular weight is 469 g/mol. The minimum absolute atomic E-state index is 0.0804. The lowest BCUT2D eigenvalue weighted by Gasteiger charge is -2.35. The van der Waals surface area contributed by atoms with Crippen LogP contribution in [0.3, 0.4) is 0 Å². The summed E-state index contributed by atoms with van der Waals surface area (Å²) in [6, 6.07) is 4.63. The van der Waals surface area contributed by atoms with Crippen molar-refractivity contribution in [1.29, 1.82) is 0 Å². The highest BCUT2D eigenvalue weighted by Crippen LogP contribution is 2.43. The maximum atomic E-state index is 12.6. The Kier molecular flexibility index (Phi) is 7.06. The van der Waals surface area contributed by atoms with E-state index in [4.69, 9.17) is 19.3 Å². The molecular formula is C26H36N4O4. The number of aromatic nitrogens is 2. The van der Waals surface area contributed by atoms with Crippen LogP contribution in [-0.2, 0) is 15.9 Å². The molecule has 3 aliphatic heterocycles. The second-order valence-corrected chi connectivity index (χ2v) is 9.72. The Hall–Kier alpha value is -2.58. The number of rotatable bonds is 5. The molecule has 4 heterocycles. The Labute approximate surface area is 201 Å². The molecule has 2 saturated heterocycles. The van der Waals surface area contributed by atoms with Crippen molar-refractivity contribution in [1.82, 2.24) is 15.1 Å². The minimum Gasteiger partial charge on any atom is -0.492 e. The third-order valence-electron chi connectivity index (χ3n) is 7.52. The number of piperidine rings is 1. The Morgan fingerprint density at radius 2 is 1.97 bits per heavy atom. The zero-order chi connectivity index (χ0) is 23.5. The van der Waals surface area contributed by atoms with E-state index in [0.717, 1.165) is 93.0 Å². The van der Waals surface area contributed by atoms with E-state index in [-0.39, 0.29) is 12.1 Å². The van der Waals surface area contributed by atoms with E-state index in [2.05, 4.69) is 29.2 Å². The Morgan fingerprint density at radius 3 is 2.74 bits per heavy atom. The molecule has 2 aromatic rings. The largest absolute Gasteiger partial charge is 0.492 e. The van der Waals surface area contributed by atoms with Crippen molar-refractivity contribution in [3.63, 3.8) is 0 Å². The van der Waals surface area contributed by atoms with E-state index in [1.165, 1.54) is 7.11 Å². The van der Waals surface area contributed by atoms with Crippen LogP contribution in [0.1, 0.15) is 50.6 Å². The predicted molar refractivity (Wildman–Crippen MR) is 131 cm³/mol. The van der Waals surface area contributed by atoms with Crippen molar-refractivity contribution < 1.29 is 19.0 Å². The minimum atomic E-state index is -0.324. The van der Waals surface area contributed by atoms with Gasteiger partial charge in [0.05, 0.1) is 31.6 Å². The molecule has 184 valence electrons. The summed E-state index contributed by atoms with van der Waals surface area (Å²) in [4.78, 5) is 14.4. The molecule has 1 N–H and O–H groups in total. The normalized spacial score (nSPS) is 21.8. The van der Waals surface area contributed by atoms with Gasteiger partial charge in [-0.25, -0.2) is 4.79 Å². The first kappa shape index (κ1) is 23.2. The van der Waals surface area contributed by atoms with Gasteiger partial charge in [0.25, 0.3) is 0 Å². The van der Waals surface area contributed by atoms with E-state index >= 15 is 0 Å². The molecular weight excluding hydrogens is 432 g/mol. The molecule has 3 aliphatic rings. The average Bonchev–Trinajstić information content (AvgIpc) is 3.38. The summed E-state index contributed by atoms with van der Waals surface area (Å²) in [7, 11) is 1.44. The van der Waals surface area contributed by atoms with Gasteiger partial charge in [0, 0.05) is 42.1 Å². The first-order valence-corrected chi connectivity index (χ1v) is 12.6. The molecule has 2 fully saturated rings. The third kappa shape index (κ3) is 4.66. The van der Waals surface area contributed by atoms with Crippen LogP contribution in [0.2, 0.25) is 0 Å². The zero-order valence-corrected chi connectivity index (χ0v) is 20.3. The number of carbonyl (C=O) groups excluding carboxylic acids is 1. The lowest BCUT2D eigenvalue weighted by atomic mass is 9.92. The standard InChI is InChI=1S/C26H36N4O4/c1-18-3-4-23-24(30(18)26(31)32-2)6-5-22(25(23)34-17-19-9-13-33-14-10-19)20-15-28-29(16-20)21-7-11-27-12-8-21/h5-6,15-16,18-19,21,27H,3-4,7-14,17H2,1-2H3. The number of benzene rings is 1. The highest BCUT2D eigenvalue weighted by molar-refractivity contribution is 5.92. The van der Waals surface area contributed by atoms with Crippen LogP contribution in [-0.4, -0.2) is 61.9 Å². The highest BCUT2D eigenvalue weighted by Gasteiger charge is 2.32. The van der Waals surface area contributed by atoms with Gasteiger partial charge in [0.1, 0.15) is 5.75 Å². The van der Waals surface area contributed by atoms with Crippen LogP contribution >= 0.6 is 0 Å². The summed E-state index contributed by atoms with van der Waals surface area (Å²) in [6.45, 7) is 6.37. The van der Waals surface area contributed by atoms with Crippen molar-refractivity contribution in [2.24, 2.45) is 5.92 Å². The molecule has 8 nitrogen and oxygen atoms in total. The van der Waals surface area contributed by atoms with Gasteiger partial charge in [-0.05, 0) is 76.6 Å². The summed E-state index contributed by atoms with van der Waals surface area (Å²) in [6.07, 6.45) is 9.73. The Morgan fingerprint density at radius 1 is 1.18 bits per heavy atom. The quantitative estimate of drug-likeness (QED) is 0.709. The fourth-order valence-corrected chi connectivity index (χ4v) is 5.44. The van der Waals surface area contributed by atoms with E-state index in [1.54, 1.807) is 4.90 Å². The van der Waals surface area contributed by atoms with Crippen molar-refractivity contribution in [2.75, 3.05) is 44.9 Å². The zero-order valence-electron chi connectivity index (χ0n) is 20.3. The second kappa shape index (κ2) is 10.4. The molecule has 1 amide bonds. The van der Waals surface area contributed by atoms with Crippen molar-refractivity contribution in [3.05, 3.63) is 30.1 Å². The van der Waals surface area contributed by atoms with Crippen LogP contribution in [0, 0.1) is 5.92 Å². The first-order chi connectivity index (χ1) is 16.7. The molecule has 0 radical (unpaired) electrons. The molecule has 1 aromatic heterocycles. The third-order valence-corrected chi connectivity index (χ3v) is 7.52. The van der Waals surface area contributed by atoms with Gasteiger partial charge >= 0.3 is 6.09 Å². The van der Waals surface area contributed by atoms with Crippen molar-refractivity contribution in [2.45, 2.75) is 57.5 Å². The molecule has 8 heteroatoms. The van der Waals surface area contributed by atoms with Gasteiger partial charge in [-0.1, -0.05) is 0 Å². The molecule has 1 atom stereocenters. The lowest BCUT2D eigenvalue weighted by Crippen LogP contribution is -2.42. The van der Waals surface area contributed by atoms with Crippen LogP contribution in [0.5, 0.6) is 5.75 Å². The summed E-state index contributed by atoms with van der Waals surface area (Å²) in [5.74, 6) is 1.36. The van der Waals surface area contributed by atoms with Crippen LogP contribution in [0.25, 0.3) is 11.1 Å². The van der Waals surface area contributed by atoms with Gasteiger partial charge in [0.15, 0.2) is 0 Å². The molecule has 34 heavy (non-hydrogen) atoms. The van der Waals surface area contributed by atoms with Gasteiger partial charge < -0.3 is 19.5 Å². The SMILES string of the molecule is COC(=O)N1c2ccc(-c3cnn(C4CCNCC4)c3)c(OCC3CCOCC3)c2CCC1C. The van der Waals surface area contributed by atoms with Gasteiger partial charge in [-0.3, -0.25) is 9.58 Å². The summed E-state index contributed by atoms with van der Waals surface area (Å²) >= 11 is 0. The number of hydrogen-bond acceptors (Lipinski definition) is 6. The molecule has 0 aliphatic carbocycles. The van der Waals surface area contributed by atoms with Crippen molar-refractivity contribution >= 4 is 11.8 Å². The predicted octanol–water partition coefficient (Wildman–Crippen LogP) is 4.19. The van der Waals surface area contributed by atoms with Gasteiger partial charge in [0.2, 0.25) is 0 Å². The Bertz CT molecular complexity index is 995. The van der Waals surface area contributed by atoms with Gasteiger partial charge in [-0.2, -0.15) is 5.10 Å². The van der Waals surface area contributed by atoms with E-state index in [9.17, 15) is 4.79 Å². The summed E-state index contributed by atoms with van der Waals surface area (Å²) in [5.41, 5.74) is 4.08. The second-order valence-electron chi connectivity index (χ2n) is 9.72. The maximum absolute atomic E-state index is 12.6. The number of anilines is 1. The first-order valence-electron chi connectivity index (χ1n) is 12.6. The molecule has 1 aromatic carbocycles.